The molecule has 2 aromatic carbocycles. The first-order valence-corrected chi connectivity index (χ1v) is 10.5. The summed E-state index contributed by atoms with van der Waals surface area (Å²) in [6.07, 6.45) is 2.98. The molecule has 0 unspecified atom stereocenters. The van der Waals surface area contributed by atoms with Crippen LogP contribution in [-0.4, -0.2) is 20.6 Å². The van der Waals surface area contributed by atoms with E-state index < -0.39 is 5.97 Å². The number of benzene rings is 2. The Balaban J connectivity index is 2.01. The van der Waals surface area contributed by atoms with Gasteiger partial charge in [-0.3, -0.25) is 9.36 Å². The zero-order chi connectivity index (χ0) is 20.1. The number of hydrogen-bond donors (Lipinski definition) is 1. The number of carbonyl (C=O) groups is 1. The van der Waals surface area contributed by atoms with Gasteiger partial charge in [-0.1, -0.05) is 55.3 Å². The molecule has 0 fully saturated rings. The van der Waals surface area contributed by atoms with E-state index >= 15 is 0 Å². The zero-order valence-corrected chi connectivity index (χ0v) is 17.1. The van der Waals surface area contributed by atoms with Crippen LogP contribution in [0.1, 0.15) is 42.1 Å². The molecule has 1 aromatic heterocycles. The van der Waals surface area contributed by atoms with Crippen LogP contribution in [0.2, 0.25) is 5.02 Å². The number of halogens is 1. The fourth-order valence-electron chi connectivity index (χ4n) is 2.94. The molecule has 0 aliphatic rings. The lowest BCUT2D eigenvalue weighted by Gasteiger charge is -2.13. The fourth-order valence-corrected chi connectivity index (χ4v) is 4.12. The van der Waals surface area contributed by atoms with Crippen molar-refractivity contribution in [2.45, 2.75) is 43.6 Å². The molecular weight excluding hydrogens is 396 g/mol. The van der Waals surface area contributed by atoms with Crippen LogP contribution in [0, 0.1) is 0 Å². The quantitative estimate of drug-likeness (QED) is 0.309. The Morgan fingerprint density at radius 1 is 1.21 bits per heavy atom. The maximum absolute atomic E-state index is 13.0. The summed E-state index contributed by atoms with van der Waals surface area (Å²) >= 11 is 7.51. The largest absolute Gasteiger partial charge is 0.478 e. The highest BCUT2D eigenvalue weighted by atomic mass is 35.5. The maximum Gasteiger partial charge on any atom is 0.335 e. The number of carboxylic acid groups (broad SMARTS) is 1. The third kappa shape index (κ3) is 4.75. The second-order valence-electron chi connectivity index (χ2n) is 6.51. The van der Waals surface area contributed by atoms with Crippen molar-refractivity contribution in [1.82, 2.24) is 9.55 Å². The van der Waals surface area contributed by atoms with Gasteiger partial charge in [0.05, 0.1) is 16.5 Å². The number of fused-ring (bicyclic) bond motifs is 1. The molecule has 0 radical (unpaired) electrons. The predicted molar refractivity (Wildman–Crippen MR) is 114 cm³/mol. The second kappa shape index (κ2) is 9.26. The molecule has 0 saturated heterocycles. The van der Waals surface area contributed by atoms with Crippen LogP contribution in [0.5, 0.6) is 0 Å². The lowest BCUT2D eigenvalue weighted by atomic mass is 10.1. The molecule has 1 N–H and O–H groups in total. The minimum atomic E-state index is -1.04. The average Bonchev–Trinajstić information content (AvgIpc) is 2.68. The molecule has 0 atom stereocenters. The highest BCUT2D eigenvalue weighted by Crippen LogP contribution is 2.24. The molecule has 0 bridgehead atoms. The normalized spacial score (nSPS) is 11.1. The van der Waals surface area contributed by atoms with E-state index in [1.165, 1.54) is 23.9 Å². The highest BCUT2D eigenvalue weighted by molar-refractivity contribution is 7.98. The summed E-state index contributed by atoms with van der Waals surface area (Å²) in [6.45, 7) is 2.71. The Kier molecular flexibility index (Phi) is 6.75. The molecular formula is C21H21ClN2O3S. The van der Waals surface area contributed by atoms with Crippen molar-refractivity contribution in [3.63, 3.8) is 0 Å². The summed E-state index contributed by atoms with van der Waals surface area (Å²) in [5, 5.41) is 10.9. The van der Waals surface area contributed by atoms with Gasteiger partial charge in [-0.2, -0.15) is 0 Å². The van der Waals surface area contributed by atoms with Crippen molar-refractivity contribution in [2.75, 3.05) is 0 Å². The Labute approximate surface area is 172 Å². The van der Waals surface area contributed by atoms with Gasteiger partial charge in [0, 0.05) is 17.3 Å². The van der Waals surface area contributed by atoms with Crippen molar-refractivity contribution in [3.05, 3.63) is 69.0 Å². The van der Waals surface area contributed by atoms with Gasteiger partial charge in [-0.15, -0.1) is 0 Å². The van der Waals surface area contributed by atoms with E-state index in [1.54, 1.807) is 10.6 Å². The lowest BCUT2D eigenvalue weighted by Crippen LogP contribution is -2.23. The van der Waals surface area contributed by atoms with Crippen molar-refractivity contribution < 1.29 is 9.90 Å². The van der Waals surface area contributed by atoms with Crippen molar-refractivity contribution >= 4 is 40.2 Å². The molecule has 28 heavy (non-hydrogen) atoms. The second-order valence-corrected chi connectivity index (χ2v) is 7.89. The summed E-state index contributed by atoms with van der Waals surface area (Å²) in [4.78, 5) is 28.9. The van der Waals surface area contributed by atoms with Crippen LogP contribution in [0.15, 0.2) is 52.4 Å². The Bertz CT molecular complexity index is 1070. The number of nitrogens with zero attached hydrogens (tertiary/aromatic N) is 2. The van der Waals surface area contributed by atoms with Gasteiger partial charge in [-0.05, 0) is 42.3 Å². The van der Waals surface area contributed by atoms with Gasteiger partial charge >= 0.3 is 5.97 Å². The topological polar surface area (TPSA) is 72.2 Å². The monoisotopic (exact) mass is 416 g/mol. The average molecular weight is 417 g/mol. The van der Waals surface area contributed by atoms with Crippen molar-refractivity contribution in [2.24, 2.45) is 0 Å². The molecule has 0 saturated carbocycles. The molecule has 3 rings (SSSR count). The van der Waals surface area contributed by atoms with Crippen LogP contribution in [0.3, 0.4) is 0 Å². The van der Waals surface area contributed by atoms with Crippen molar-refractivity contribution in [1.29, 1.82) is 0 Å². The summed E-state index contributed by atoms with van der Waals surface area (Å²) in [5.74, 6) is -0.422. The minimum absolute atomic E-state index is 0.119. The molecule has 0 aliphatic carbocycles. The molecule has 0 amide bonds. The first-order chi connectivity index (χ1) is 13.5. The number of rotatable bonds is 8. The van der Waals surface area contributed by atoms with E-state index in [9.17, 15) is 14.7 Å². The summed E-state index contributed by atoms with van der Waals surface area (Å²) in [5.41, 5.74) is 1.43. The summed E-state index contributed by atoms with van der Waals surface area (Å²) < 4.78 is 1.70. The van der Waals surface area contributed by atoms with Crippen LogP contribution in [-0.2, 0) is 12.3 Å². The Hall–Kier alpha value is -2.31. The maximum atomic E-state index is 13.0. The SMILES string of the molecule is CCCCCn1c(SCc2cccc(Cl)c2)nc2cc(C(=O)O)ccc2c1=O. The standard InChI is InChI=1S/C21H21ClN2O3S/c1-2-3-4-10-24-19(25)17-9-8-15(20(26)27)12-18(17)23-21(24)28-13-14-6-5-7-16(22)11-14/h5-9,11-12H,2-4,10,13H2,1H3,(H,26,27). The van der Waals surface area contributed by atoms with E-state index in [2.05, 4.69) is 11.9 Å². The Morgan fingerprint density at radius 2 is 2.04 bits per heavy atom. The number of carboxylic acids is 1. The molecule has 0 aliphatic heterocycles. The number of aromatic carboxylic acids is 1. The highest BCUT2D eigenvalue weighted by Gasteiger charge is 2.14. The zero-order valence-electron chi connectivity index (χ0n) is 15.5. The van der Waals surface area contributed by atoms with Crippen LogP contribution >= 0.6 is 23.4 Å². The van der Waals surface area contributed by atoms with Crippen LogP contribution < -0.4 is 5.56 Å². The van der Waals surface area contributed by atoms with E-state index in [-0.39, 0.29) is 11.1 Å². The van der Waals surface area contributed by atoms with E-state index in [1.807, 2.05) is 24.3 Å². The molecule has 0 spiro atoms. The third-order valence-corrected chi connectivity index (χ3v) is 5.69. The summed E-state index contributed by atoms with van der Waals surface area (Å²) in [6, 6.07) is 12.0. The molecule has 5 nitrogen and oxygen atoms in total. The molecule has 3 aromatic rings. The fraction of sp³-hybridized carbons (Fsp3) is 0.286. The van der Waals surface area contributed by atoms with E-state index in [0.29, 0.717) is 33.4 Å². The number of unbranched alkanes of at least 4 members (excludes halogenated alkanes) is 2. The first-order valence-electron chi connectivity index (χ1n) is 9.14. The third-order valence-electron chi connectivity index (χ3n) is 4.41. The lowest BCUT2D eigenvalue weighted by molar-refractivity contribution is 0.0697. The van der Waals surface area contributed by atoms with Gasteiger partial charge < -0.3 is 5.11 Å². The van der Waals surface area contributed by atoms with Crippen molar-refractivity contribution in [3.8, 4) is 0 Å². The Morgan fingerprint density at radius 3 is 2.75 bits per heavy atom. The molecule has 146 valence electrons. The van der Waals surface area contributed by atoms with Gasteiger partial charge in [0.15, 0.2) is 5.16 Å². The van der Waals surface area contributed by atoms with Crippen LogP contribution in [0.25, 0.3) is 10.9 Å². The predicted octanol–water partition coefficient (Wildman–Crippen LogP) is 5.23. The van der Waals surface area contributed by atoms with Crippen LogP contribution in [0.4, 0.5) is 0 Å². The van der Waals surface area contributed by atoms with Gasteiger partial charge in [0.1, 0.15) is 0 Å². The van der Waals surface area contributed by atoms with E-state index in [0.717, 1.165) is 24.8 Å². The summed E-state index contributed by atoms with van der Waals surface area (Å²) in [7, 11) is 0. The van der Waals surface area contributed by atoms with Gasteiger partial charge in [-0.25, -0.2) is 9.78 Å². The first kappa shape index (κ1) is 20.4. The van der Waals surface area contributed by atoms with Gasteiger partial charge in [0.25, 0.3) is 5.56 Å². The van der Waals surface area contributed by atoms with E-state index in [4.69, 9.17) is 11.6 Å². The van der Waals surface area contributed by atoms with Gasteiger partial charge in [0.2, 0.25) is 0 Å². The number of thioether (sulfide) groups is 1. The minimum Gasteiger partial charge on any atom is -0.478 e. The molecule has 1 heterocycles. The number of hydrogen-bond acceptors (Lipinski definition) is 4. The smallest absolute Gasteiger partial charge is 0.335 e. The molecule has 7 heteroatoms. The number of aromatic nitrogens is 2.